The number of hydrogen-bond acceptors (Lipinski definition) is 4. The molecule has 1 aliphatic heterocycles. The molecule has 5 heteroatoms. The Morgan fingerprint density at radius 1 is 1.47 bits per heavy atom. The molecular weight excluding hydrogens is 306 g/mol. The quantitative estimate of drug-likeness (QED) is 0.870. The van der Waals surface area contributed by atoms with Crippen LogP contribution in [0, 0.1) is 0 Å². The van der Waals surface area contributed by atoms with Gasteiger partial charge in [-0.3, -0.25) is 9.80 Å². The lowest BCUT2D eigenvalue weighted by atomic mass is 10.2. The van der Waals surface area contributed by atoms with E-state index in [1.54, 1.807) is 0 Å². The minimum atomic E-state index is 0.201. The van der Waals surface area contributed by atoms with Crippen LogP contribution in [0.2, 0.25) is 0 Å². The van der Waals surface area contributed by atoms with Gasteiger partial charge in [0.1, 0.15) is 5.76 Å². The molecular formula is C14H24BrN3O. The maximum atomic E-state index is 5.95. The van der Waals surface area contributed by atoms with Crippen LogP contribution in [-0.4, -0.2) is 48.6 Å². The first-order chi connectivity index (χ1) is 9.19. The molecule has 19 heavy (non-hydrogen) atoms. The third kappa shape index (κ3) is 3.40. The maximum Gasteiger partial charge on any atom is 0.169 e. The Balaban J connectivity index is 2.02. The second-order valence-electron chi connectivity index (χ2n) is 5.05. The smallest absolute Gasteiger partial charge is 0.169 e. The highest BCUT2D eigenvalue weighted by Crippen LogP contribution is 2.28. The summed E-state index contributed by atoms with van der Waals surface area (Å²) in [6.07, 6.45) is 1.22. The van der Waals surface area contributed by atoms with Gasteiger partial charge in [0, 0.05) is 25.7 Å². The summed E-state index contributed by atoms with van der Waals surface area (Å²) in [5, 5.41) is 0. The fourth-order valence-corrected chi connectivity index (χ4v) is 3.36. The molecule has 2 heterocycles. The van der Waals surface area contributed by atoms with Crippen LogP contribution in [0.3, 0.4) is 0 Å². The van der Waals surface area contributed by atoms with Crippen molar-refractivity contribution < 1.29 is 4.42 Å². The zero-order valence-corrected chi connectivity index (χ0v) is 13.4. The van der Waals surface area contributed by atoms with Gasteiger partial charge >= 0.3 is 0 Å². The van der Waals surface area contributed by atoms with Crippen LogP contribution >= 0.6 is 15.9 Å². The van der Waals surface area contributed by atoms with E-state index in [2.05, 4.69) is 39.6 Å². The summed E-state index contributed by atoms with van der Waals surface area (Å²) in [6, 6.07) is 4.82. The first kappa shape index (κ1) is 15.0. The van der Waals surface area contributed by atoms with Crippen molar-refractivity contribution >= 4 is 15.9 Å². The molecule has 0 saturated carbocycles. The monoisotopic (exact) mass is 329 g/mol. The van der Waals surface area contributed by atoms with E-state index in [9.17, 15) is 0 Å². The first-order valence-electron chi connectivity index (χ1n) is 7.13. The number of hydrogen-bond donors (Lipinski definition) is 1. The first-order valence-corrected chi connectivity index (χ1v) is 7.92. The Bertz CT molecular complexity index is 392. The van der Waals surface area contributed by atoms with Crippen molar-refractivity contribution in [2.24, 2.45) is 5.73 Å². The van der Waals surface area contributed by atoms with Gasteiger partial charge < -0.3 is 10.2 Å². The highest BCUT2D eigenvalue weighted by molar-refractivity contribution is 9.10. The fraction of sp³-hybridized carbons (Fsp3) is 0.714. The van der Waals surface area contributed by atoms with Crippen molar-refractivity contribution in [3.05, 3.63) is 22.6 Å². The van der Waals surface area contributed by atoms with Gasteiger partial charge in [-0.2, -0.15) is 0 Å². The molecule has 1 fully saturated rings. The predicted octanol–water partition coefficient (Wildman–Crippen LogP) is 2.46. The number of nitrogens with zero attached hydrogens (tertiary/aromatic N) is 2. The van der Waals surface area contributed by atoms with E-state index in [1.807, 2.05) is 12.1 Å². The SMILES string of the molecule is CCN(CC)C1CCN(C(CN)c2ccc(Br)o2)C1. The van der Waals surface area contributed by atoms with Gasteiger partial charge in [-0.15, -0.1) is 0 Å². The second-order valence-corrected chi connectivity index (χ2v) is 5.83. The molecule has 1 aromatic rings. The standard InChI is InChI=1S/C14H24BrN3O/c1-3-17(4-2)11-7-8-18(10-11)12(9-16)13-5-6-14(15)19-13/h5-6,11-12H,3-4,7-10,16H2,1-2H3. The van der Waals surface area contributed by atoms with E-state index in [0.29, 0.717) is 12.6 Å². The number of likely N-dealkylation sites (N-methyl/N-ethyl adjacent to an activating group) is 1. The Hall–Kier alpha value is -0.360. The van der Waals surface area contributed by atoms with Crippen LogP contribution in [0.25, 0.3) is 0 Å². The zero-order valence-electron chi connectivity index (χ0n) is 11.8. The molecule has 1 saturated heterocycles. The number of nitrogens with two attached hydrogens (primary N) is 1. The van der Waals surface area contributed by atoms with Crippen molar-refractivity contribution in [3.63, 3.8) is 0 Å². The van der Waals surface area contributed by atoms with E-state index < -0.39 is 0 Å². The molecule has 0 aromatic carbocycles. The minimum absolute atomic E-state index is 0.201. The third-order valence-electron chi connectivity index (χ3n) is 4.11. The Labute approximate surface area is 124 Å². The molecule has 2 unspecified atom stereocenters. The van der Waals surface area contributed by atoms with Crippen molar-refractivity contribution in [2.45, 2.75) is 32.4 Å². The molecule has 1 aliphatic rings. The predicted molar refractivity (Wildman–Crippen MR) is 81.1 cm³/mol. The fourth-order valence-electron chi connectivity index (χ4n) is 3.04. The van der Waals surface area contributed by atoms with Crippen molar-refractivity contribution in [2.75, 3.05) is 32.7 Å². The van der Waals surface area contributed by atoms with Gasteiger partial charge in [-0.05, 0) is 47.6 Å². The molecule has 0 bridgehead atoms. The molecule has 0 amide bonds. The largest absolute Gasteiger partial charge is 0.453 e. The van der Waals surface area contributed by atoms with E-state index in [1.165, 1.54) is 6.42 Å². The number of halogens is 1. The van der Waals surface area contributed by atoms with Gasteiger partial charge in [0.25, 0.3) is 0 Å². The van der Waals surface area contributed by atoms with Gasteiger partial charge in [0.05, 0.1) is 6.04 Å². The Kier molecular flexibility index (Phi) is 5.45. The minimum Gasteiger partial charge on any atom is -0.453 e. The van der Waals surface area contributed by atoms with Crippen molar-refractivity contribution in [3.8, 4) is 0 Å². The summed E-state index contributed by atoms with van der Waals surface area (Å²) in [4.78, 5) is 4.99. The lowest BCUT2D eigenvalue weighted by molar-refractivity contribution is 0.177. The average Bonchev–Trinajstić information content (AvgIpc) is 3.03. The van der Waals surface area contributed by atoms with Crippen molar-refractivity contribution in [1.29, 1.82) is 0 Å². The summed E-state index contributed by atoms with van der Waals surface area (Å²) in [5.74, 6) is 0.967. The molecule has 0 radical (unpaired) electrons. The van der Waals surface area contributed by atoms with Crippen LogP contribution in [0.1, 0.15) is 32.1 Å². The van der Waals surface area contributed by atoms with E-state index in [-0.39, 0.29) is 6.04 Å². The highest BCUT2D eigenvalue weighted by Gasteiger charge is 2.32. The Morgan fingerprint density at radius 3 is 2.74 bits per heavy atom. The summed E-state index contributed by atoms with van der Waals surface area (Å²) in [6.45, 7) is 9.49. The van der Waals surface area contributed by atoms with E-state index >= 15 is 0 Å². The molecule has 0 spiro atoms. The summed E-state index contributed by atoms with van der Waals surface area (Å²) in [5.41, 5.74) is 5.95. The second kappa shape index (κ2) is 6.88. The molecule has 2 atom stereocenters. The molecule has 4 nitrogen and oxygen atoms in total. The van der Waals surface area contributed by atoms with Crippen molar-refractivity contribution in [1.82, 2.24) is 9.80 Å². The van der Waals surface area contributed by atoms with Gasteiger partial charge in [-0.25, -0.2) is 0 Å². The highest BCUT2D eigenvalue weighted by atomic mass is 79.9. The summed E-state index contributed by atoms with van der Waals surface area (Å²) in [7, 11) is 0. The topological polar surface area (TPSA) is 45.6 Å². The summed E-state index contributed by atoms with van der Waals surface area (Å²) >= 11 is 3.36. The van der Waals surface area contributed by atoms with Crippen LogP contribution in [0.5, 0.6) is 0 Å². The lowest BCUT2D eigenvalue weighted by Gasteiger charge is -2.28. The number of furan rings is 1. The van der Waals surface area contributed by atoms with Crippen LogP contribution in [0.4, 0.5) is 0 Å². The average molecular weight is 330 g/mol. The Morgan fingerprint density at radius 2 is 2.21 bits per heavy atom. The molecule has 0 aliphatic carbocycles. The molecule has 1 aromatic heterocycles. The number of likely N-dealkylation sites (tertiary alicyclic amines) is 1. The van der Waals surface area contributed by atoms with Crippen LogP contribution in [0.15, 0.2) is 21.2 Å². The van der Waals surface area contributed by atoms with E-state index in [4.69, 9.17) is 10.2 Å². The molecule has 2 N–H and O–H groups in total. The third-order valence-corrected chi connectivity index (χ3v) is 4.54. The van der Waals surface area contributed by atoms with E-state index in [0.717, 1.165) is 36.6 Å². The zero-order chi connectivity index (χ0) is 13.8. The summed E-state index contributed by atoms with van der Waals surface area (Å²) < 4.78 is 6.46. The van der Waals surface area contributed by atoms with Crippen LogP contribution < -0.4 is 5.73 Å². The van der Waals surface area contributed by atoms with Gasteiger partial charge in [-0.1, -0.05) is 13.8 Å². The maximum absolute atomic E-state index is 5.95. The number of rotatable bonds is 6. The van der Waals surface area contributed by atoms with Gasteiger partial charge in [0.2, 0.25) is 0 Å². The van der Waals surface area contributed by atoms with Gasteiger partial charge in [0.15, 0.2) is 4.67 Å². The van der Waals surface area contributed by atoms with Crippen LogP contribution in [-0.2, 0) is 0 Å². The molecule has 108 valence electrons. The molecule has 2 rings (SSSR count). The normalized spacial score (nSPS) is 22.3. The lowest BCUT2D eigenvalue weighted by Crippen LogP contribution is -2.39.